The summed E-state index contributed by atoms with van der Waals surface area (Å²) < 4.78 is 1.17. The highest BCUT2D eigenvalue weighted by atomic mass is 32.1. The summed E-state index contributed by atoms with van der Waals surface area (Å²) in [5.74, 6) is 0.231. The van der Waals surface area contributed by atoms with E-state index in [0.717, 1.165) is 33.0 Å². The van der Waals surface area contributed by atoms with Gasteiger partial charge < -0.3 is 10.0 Å². The van der Waals surface area contributed by atoms with Gasteiger partial charge in [0.05, 0.1) is 21.6 Å². The van der Waals surface area contributed by atoms with Crippen LogP contribution < -0.4 is 4.90 Å². The summed E-state index contributed by atoms with van der Waals surface area (Å²) >= 11 is 1.69. The standard InChI is InChI=1S/C22H20N4OS/c1-14-12-18(27)9-11-19(14)25-24-16-6-4-15(5-7-16)22-23-20-10-8-17(26(2)3)13-21(20)28-22/h4-13,27H,1-3H3/b25-24+. The van der Waals surface area contributed by atoms with Crippen LogP contribution in [-0.2, 0) is 0 Å². The molecule has 0 radical (unpaired) electrons. The van der Waals surface area contributed by atoms with Crippen LogP contribution in [0.5, 0.6) is 5.75 Å². The second kappa shape index (κ2) is 7.40. The van der Waals surface area contributed by atoms with E-state index in [1.807, 2.05) is 45.3 Å². The zero-order valence-corrected chi connectivity index (χ0v) is 16.7. The fourth-order valence-electron chi connectivity index (χ4n) is 2.85. The first kappa shape index (κ1) is 18.1. The number of benzene rings is 3. The Morgan fingerprint density at radius 3 is 2.43 bits per heavy atom. The van der Waals surface area contributed by atoms with Crippen molar-refractivity contribution in [2.24, 2.45) is 10.2 Å². The van der Waals surface area contributed by atoms with Crippen LogP contribution in [0.4, 0.5) is 17.1 Å². The van der Waals surface area contributed by atoms with E-state index < -0.39 is 0 Å². The van der Waals surface area contributed by atoms with Crippen LogP contribution >= 0.6 is 11.3 Å². The number of aromatic hydroxyl groups is 1. The molecule has 0 bridgehead atoms. The first-order valence-corrected chi connectivity index (χ1v) is 9.71. The average Bonchev–Trinajstić information content (AvgIpc) is 3.11. The van der Waals surface area contributed by atoms with Gasteiger partial charge in [-0.15, -0.1) is 11.3 Å². The number of thiazole rings is 1. The minimum Gasteiger partial charge on any atom is -0.508 e. The van der Waals surface area contributed by atoms with E-state index >= 15 is 0 Å². The number of phenolic OH excluding ortho intramolecular Hbond substituents is 1. The van der Waals surface area contributed by atoms with Gasteiger partial charge in [-0.3, -0.25) is 0 Å². The summed E-state index contributed by atoms with van der Waals surface area (Å²) in [6.45, 7) is 1.89. The number of hydrogen-bond acceptors (Lipinski definition) is 6. The van der Waals surface area contributed by atoms with Gasteiger partial charge in [-0.1, -0.05) is 0 Å². The van der Waals surface area contributed by atoms with Crippen LogP contribution in [0.2, 0.25) is 0 Å². The van der Waals surface area contributed by atoms with Crippen molar-refractivity contribution >= 4 is 38.6 Å². The molecule has 6 heteroatoms. The van der Waals surface area contributed by atoms with Crippen molar-refractivity contribution in [1.82, 2.24) is 4.98 Å². The van der Waals surface area contributed by atoms with E-state index in [4.69, 9.17) is 4.98 Å². The lowest BCUT2D eigenvalue weighted by atomic mass is 10.2. The molecule has 0 unspecified atom stereocenters. The van der Waals surface area contributed by atoms with Crippen LogP contribution in [0, 0.1) is 6.92 Å². The molecule has 140 valence electrons. The average molecular weight is 388 g/mol. The first-order valence-electron chi connectivity index (χ1n) is 8.89. The zero-order chi connectivity index (χ0) is 19.7. The summed E-state index contributed by atoms with van der Waals surface area (Å²) in [6, 6.07) is 19.3. The van der Waals surface area contributed by atoms with Crippen LogP contribution in [0.1, 0.15) is 5.56 Å². The van der Waals surface area contributed by atoms with E-state index in [0.29, 0.717) is 0 Å². The fraction of sp³-hybridized carbons (Fsp3) is 0.136. The molecule has 0 atom stereocenters. The van der Waals surface area contributed by atoms with E-state index in [2.05, 4.69) is 33.3 Å². The zero-order valence-electron chi connectivity index (χ0n) is 15.9. The van der Waals surface area contributed by atoms with Gasteiger partial charge in [0.1, 0.15) is 10.8 Å². The Kier molecular flexibility index (Phi) is 4.79. The summed E-state index contributed by atoms with van der Waals surface area (Å²) in [6.07, 6.45) is 0. The lowest BCUT2D eigenvalue weighted by molar-refractivity contribution is 0.475. The predicted molar refractivity (Wildman–Crippen MR) is 116 cm³/mol. The Balaban J connectivity index is 1.57. The summed E-state index contributed by atoms with van der Waals surface area (Å²) in [7, 11) is 4.08. The maximum Gasteiger partial charge on any atom is 0.124 e. The van der Waals surface area contributed by atoms with Crippen molar-refractivity contribution in [2.45, 2.75) is 6.92 Å². The van der Waals surface area contributed by atoms with Crippen molar-refractivity contribution in [2.75, 3.05) is 19.0 Å². The van der Waals surface area contributed by atoms with Crippen LogP contribution in [0.3, 0.4) is 0 Å². The van der Waals surface area contributed by atoms with Gasteiger partial charge in [0.15, 0.2) is 0 Å². The number of aromatic nitrogens is 1. The molecule has 0 saturated heterocycles. The topological polar surface area (TPSA) is 61.1 Å². The second-order valence-electron chi connectivity index (χ2n) is 6.78. The normalized spacial score (nSPS) is 11.4. The van der Waals surface area contributed by atoms with Crippen LogP contribution in [-0.4, -0.2) is 24.2 Å². The van der Waals surface area contributed by atoms with Crippen molar-refractivity contribution in [3.8, 4) is 16.3 Å². The number of aryl methyl sites for hydroxylation is 1. The Bertz CT molecular complexity index is 1160. The second-order valence-corrected chi connectivity index (χ2v) is 7.81. The van der Waals surface area contributed by atoms with Crippen LogP contribution in [0.15, 0.2) is 70.9 Å². The van der Waals surface area contributed by atoms with Gasteiger partial charge in [0.2, 0.25) is 0 Å². The monoisotopic (exact) mass is 388 g/mol. The molecule has 0 fully saturated rings. The Morgan fingerprint density at radius 1 is 0.929 bits per heavy atom. The largest absolute Gasteiger partial charge is 0.508 e. The highest BCUT2D eigenvalue weighted by Crippen LogP contribution is 2.33. The van der Waals surface area contributed by atoms with E-state index in [-0.39, 0.29) is 5.75 Å². The van der Waals surface area contributed by atoms with E-state index in [9.17, 15) is 5.11 Å². The molecule has 3 aromatic carbocycles. The maximum atomic E-state index is 9.48. The molecule has 0 aliphatic heterocycles. The number of hydrogen-bond donors (Lipinski definition) is 1. The van der Waals surface area contributed by atoms with Gasteiger partial charge in [-0.25, -0.2) is 4.98 Å². The number of anilines is 1. The fourth-order valence-corrected chi connectivity index (χ4v) is 3.85. The van der Waals surface area contributed by atoms with Crippen molar-refractivity contribution in [3.63, 3.8) is 0 Å². The molecule has 4 rings (SSSR count). The van der Waals surface area contributed by atoms with Gasteiger partial charge in [0.25, 0.3) is 0 Å². The third-order valence-corrected chi connectivity index (χ3v) is 5.52. The van der Waals surface area contributed by atoms with E-state index in [1.54, 1.807) is 29.5 Å². The lowest BCUT2D eigenvalue weighted by Crippen LogP contribution is -2.07. The van der Waals surface area contributed by atoms with Gasteiger partial charge in [0, 0.05) is 25.3 Å². The third-order valence-electron chi connectivity index (χ3n) is 4.46. The number of rotatable bonds is 4. The molecule has 0 spiro atoms. The minimum absolute atomic E-state index is 0.231. The third kappa shape index (κ3) is 3.73. The molecule has 0 aliphatic carbocycles. The molecule has 28 heavy (non-hydrogen) atoms. The first-order chi connectivity index (χ1) is 13.5. The molecule has 4 aromatic rings. The van der Waals surface area contributed by atoms with Crippen molar-refractivity contribution in [3.05, 3.63) is 66.2 Å². The predicted octanol–water partition coefficient (Wildman–Crippen LogP) is 6.46. The smallest absolute Gasteiger partial charge is 0.124 e. The number of azo groups is 1. The summed E-state index contributed by atoms with van der Waals surface area (Å²) in [5.41, 5.74) is 5.64. The molecule has 1 aromatic heterocycles. The quantitative estimate of drug-likeness (QED) is 0.408. The van der Waals surface area contributed by atoms with Gasteiger partial charge in [-0.2, -0.15) is 10.2 Å². The molecule has 1 N–H and O–H groups in total. The maximum absolute atomic E-state index is 9.48. The molecule has 0 aliphatic rings. The highest BCUT2D eigenvalue weighted by molar-refractivity contribution is 7.21. The Hall–Kier alpha value is -3.25. The van der Waals surface area contributed by atoms with Gasteiger partial charge >= 0.3 is 0 Å². The molecule has 0 amide bonds. The molecular formula is C22H20N4OS. The Labute approximate surface area is 167 Å². The summed E-state index contributed by atoms with van der Waals surface area (Å²) in [5, 5.41) is 19.0. The lowest BCUT2D eigenvalue weighted by Gasteiger charge is -2.11. The molecule has 1 heterocycles. The molecule has 5 nitrogen and oxygen atoms in total. The number of nitrogens with zero attached hydrogens (tertiary/aromatic N) is 4. The van der Waals surface area contributed by atoms with Crippen LogP contribution in [0.25, 0.3) is 20.8 Å². The Morgan fingerprint density at radius 2 is 1.71 bits per heavy atom. The van der Waals surface area contributed by atoms with E-state index in [1.165, 1.54) is 10.4 Å². The van der Waals surface area contributed by atoms with Gasteiger partial charge in [-0.05, 0) is 73.2 Å². The molecular weight excluding hydrogens is 368 g/mol. The highest BCUT2D eigenvalue weighted by Gasteiger charge is 2.08. The molecule has 0 saturated carbocycles. The number of fused-ring (bicyclic) bond motifs is 1. The van der Waals surface area contributed by atoms with Crippen molar-refractivity contribution in [1.29, 1.82) is 0 Å². The minimum atomic E-state index is 0.231. The number of phenols is 1. The summed E-state index contributed by atoms with van der Waals surface area (Å²) in [4.78, 5) is 6.84. The van der Waals surface area contributed by atoms with Crippen molar-refractivity contribution < 1.29 is 5.11 Å². The SMILES string of the molecule is Cc1cc(O)ccc1/N=N/c1ccc(-c2nc3ccc(N(C)C)cc3s2)cc1.